The number of hydrogen-bond donors (Lipinski definition) is 1. The number of nitrogens with zero attached hydrogens (tertiary/aromatic N) is 9. The van der Waals surface area contributed by atoms with Gasteiger partial charge >= 0.3 is 0 Å². The van der Waals surface area contributed by atoms with Crippen LogP contribution in [-0.4, -0.2) is 58.5 Å². The zero-order valence-corrected chi connectivity index (χ0v) is 16.6. The fraction of sp³-hybridized carbons (Fsp3) is 0.250. The molecule has 11 nitrogen and oxygen atoms in total. The van der Waals surface area contributed by atoms with Gasteiger partial charge in [-0.2, -0.15) is 5.10 Å². The lowest BCUT2D eigenvalue weighted by atomic mass is 9.96. The Labute approximate surface area is 177 Å². The van der Waals surface area contributed by atoms with E-state index in [2.05, 4.69) is 40.5 Å². The molecule has 11 heteroatoms. The van der Waals surface area contributed by atoms with Gasteiger partial charge < -0.3 is 10.2 Å². The first-order valence-corrected chi connectivity index (χ1v) is 9.96. The van der Waals surface area contributed by atoms with E-state index in [1.807, 2.05) is 24.4 Å². The maximum Gasteiger partial charge on any atom is 0.228 e. The Morgan fingerprint density at radius 2 is 1.84 bits per heavy atom. The van der Waals surface area contributed by atoms with Crippen LogP contribution in [0.15, 0.2) is 61.7 Å². The zero-order chi connectivity index (χ0) is 21.0. The van der Waals surface area contributed by atoms with Crippen LogP contribution in [0.2, 0.25) is 0 Å². The summed E-state index contributed by atoms with van der Waals surface area (Å²) in [7, 11) is 0. The van der Waals surface area contributed by atoms with E-state index >= 15 is 0 Å². The molecule has 1 aliphatic rings. The standard InChI is InChI=1S/C20H20N10O/c31-20(25-16-12-19(23-13-22-16)29-11-7-21-14-29)15-4-9-28(10-5-15)17-2-3-18(27-26-17)30-8-1-6-24-30/h1-3,6-8,11-15H,4-5,9-10H2,(H,22,23,25,31). The Bertz CT molecular complexity index is 1130. The maximum atomic E-state index is 12.7. The van der Waals surface area contributed by atoms with Crippen molar-refractivity contribution in [2.24, 2.45) is 5.92 Å². The van der Waals surface area contributed by atoms with E-state index in [0.717, 1.165) is 31.7 Å². The van der Waals surface area contributed by atoms with Crippen molar-refractivity contribution in [1.82, 2.24) is 39.5 Å². The largest absolute Gasteiger partial charge is 0.355 e. The summed E-state index contributed by atoms with van der Waals surface area (Å²) in [5, 5.41) is 15.6. The van der Waals surface area contributed by atoms with Crippen molar-refractivity contribution in [3.8, 4) is 11.6 Å². The molecular weight excluding hydrogens is 396 g/mol. The van der Waals surface area contributed by atoms with Gasteiger partial charge in [0.25, 0.3) is 0 Å². The van der Waals surface area contributed by atoms with Crippen LogP contribution in [0.1, 0.15) is 12.8 Å². The minimum atomic E-state index is -0.0841. The molecule has 0 unspecified atom stereocenters. The normalized spacial score (nSPS) is 14.5. The van der Waals surface area contributed by atoms with Crippen LogP contribution in [0, 0.1) is 5.92 Å². The molecule has 31 heavy (non-hydrogen) atoms. The molecule has 5 heterocycles. The summed E-state index contributed by atoms with van der Waals surface area (Å²) in [6.07, 6.45) is 11.5. The molecule has 0 atom stereocenters. The third kappa shape index (κ3) is 4.10. The summed E-state index contributed by atoms with van der Waals surface area (Å²) in [5.74, 6) is 2.48. The number of aromatic nitrogens is 8. The van der Waals surface area contributed by atoms with Crippen LogP contribution in [0.3, 0.4) is 0 Å². The van der Waals surface area contributed by atoms with E-state index in [9.17, 15) is 4.79 Å². The first-order valence-electron chi connectivity index (χ1n) is 9.96. The molecule has 1 saturated heterocycles. The van der Waals surface area contributed by atoms with Crippen molar-refractivity contribution in [1.29, 1.82) is 0 Å². The first kappa shape index (κ1) is 18.9. The molecule has 5 rings (SSSR count). The molecule has 0 aliphatic carbocycles. The predicted molar refractivity (Wildman–Crippen MR) is 112 cm³/mol. The van der Waals surface area contributed by atoms with E-state index in [0.29, 0.717) is 17.5 Å². The fourth-order valence-corrected chi connectivity index (χ4v) is 3.56. The molecule has 0 aromatic carbocycles. The average molecular weight is 416 g/mol. The Morgan fingerprint density at radius 3 is 2.55 bits per heavy atom. The molecule has 0 radical (unpaired) electrons. The second kappa shape index (κ2) is 8.30. The van der Waals surface area contributed by atoms with Crippen molar-refractivity contribution in [3.05, 3.63) is 61.7 Å². The zero-order valence-electron chi connectivity index (χ0n) is 16.6. The summed E-state index contributed by atoms with van der Waals surface area (Å²) >= 11 is 0. The Balaban J connectivity index is 1.18. The highest BCUT2D eigenvalue weighted by Gasteiger charge is 2.26. The molecule has 156 valence electrons. The Kier molecular flexibility index (Phi) is 5.05. The van der Waals surface area contributed by atoms with Gasteiger partial charge in [-0.15, -0.1) is 10.2 Å². The monoisotopic (exact) mass is 416 g/mol. The van der Waals surface area contributed by atoms with Gasteiger partial charge in [-0.3, -0.25) is 9.36 Å². The maximum absolute atomic E-state index is 12.7. The van der Waals surface area contributed by atoms with Crippen molar-refractivity contribution in [2.75, 3.05) is 23.3 Å². The number of carbonyl (C=O) groups is 1. The van der Waals surface area contributed by atoms with Gasteiger partial charge in [0.05, 0.1) is 0 Å². The van der Waals surface area contributed by atoms with Crippen LogP contribution in [0.4, 0.5) is 11.6 Å². The number of anilines is 2. The van der Waals surface area contributed by atoms with E-state index in [4.69, 9.17) is 0 Å². The van der Waals surface area contributed by atoms with Crippen LogP contribution < -0.4 is 10.2 Å². The number of carbonyl (C=O) groups excluding carboxylic acids is 1. The molecule has 0 spiro atoms. The first-order chi connectivity index (χ1) is 15.3. The van der Waals surface area contributed by atoms with Gasteiger partial charge in [0.15, 0.2) is 11.6 Å². The van der Waals surface area contributed by atoms with Crippen molar-refractivity contribution < 1.29 is 4.79 Å². The number of nitrogens with one attached hydrogen (secondary N) is 1. The predicted octanol–water partition coefficient (Wildman–Crippen LogP) is 1.49. The Hall–Kier alpha value is -4.15. The van der Waals surface area contributed by atoms with Gasteiger partial charge in [-0.25, -0.2) is 19.6 Å². The molecule has 0 bridgehead atoms. The number of rotatable bonds is 5. The lowest BCUT2D eigenvalue weighted by molar-refractivity contribution is -0.120. The van der Waals surface area contributed by atoms with Crippen LogP contribution >= 0.6 is 0 Å². The smallest absolute Gasteiger partial charge is 0.228 e. The average Bonchev–Trinajstić information content (AvgIpc) is 3.54. The molecule has 0 saturated carbocycles. The van der Waals surface area contributed by atoms with Crippen molar-refractivity contribution >= 4 is 17.5 Å². The summed E-state index contributed by atoms with van der Waals surface area (Å²) in [4.78, 5) is 27.3. The van der Waals surface area contributed by atoms with Crippen molar-refractivity contribution in [2.45, 2.75) is 12.8 Å². The second-order valence-corrected chi connectivity index (χ2v) is 7.18. The van der Waals surface area contributed by atoms with Gasteiger partial charge in [-0.1, -0.05) is 0 Å². The van der Waals surface area contributed by atoms with Gasteiger partial charge in [0.1, 0.15) is 24.3 Å². The number of piperidine rings is 1. The molecular formula is C20H20N10O. The lowest BCUT2D eigenvalue weighted by Gasteiger charge is -2.31. The fourth-order valence-electron chi connectivity index (χ4n) is 3.56. The van der Waals surface area contributed by atoms with Crippen LogP contribution in [0.5, 0.6) is 0 Å². The molecule has 4 aromatic heterocycles. The SMILES string of the molecule is O=C(Nc1cc(-n2ccnc2)ncn1)C1CCN(c2ccc(-n3cccn3)nn2)CC1. The highest BCUT2D eigenvalue weighted by molar-refractivity contribution is 5.92. The van der Waals surface area contributed by atoms with Crippen molar-refractivity contribution in [3.63, 3.8) is 0 Å². The van der Waals surface area contributed by atoms with Crippen LogP contribution in [0.25, 0.3) is 11.6 Å². The van der Waals surface area contributed by atoms with E-state index < -0.39 is 0 Å². The van der Waals surface area contributed by atoms with Gasteiger partial charge in [-0.05, 0) is 31.0 Å². The van der Waals surface area contributed by atoms with E-state index in [1.165, 1.54) is 6.33 Å². The highest BCUT2D eigenvalue weighted by Crippen LogP contribution is 2.23. The van der Waals surface area contributed by atoms with Gasteiger partial charge in [0, 0.05) is 49.9 Å². The van der Waals surface area contributed by atoms with Gasteiger partial charge in [0.2, 0.25) is 5.91 Å². The summed E-state index contributed by atoms with van der Waals surface area (Å²) in [6.45, 7) is 1.47. The highest BCUT2D eigenvalue weighted by atomic mass is 16.2. The third-order valence-electron chi connectivity index (χ3n) is 5.24. The van der Waals surface area contributed by atoms with E-state index in [-0.39, 0.29) is 11.8 Å². The topological polar surface area (TPSA) is 120 Å². The molecule has 1 aliphatic heterocycles. The Morgan fingerprint density at radius 1 is 1.00 bits per heavy atom. The number of amides is 1. The number of hydrogen-bond acceptors (Lipinski definition) is 8. The summed E-state index contributed by atoms with van der Waals surface area (Å²) in [6, 6.07) is 7.39. The number of imidazole rings is 1. The molecule has 1 fully saturated rings. The lowest BCUT2D eigenvalue weighted by Crippen LogP contribution is -2.38. The molecule has 1 N–H and O–H groups in total. The third-order valence-corrected chi connectivity index (χ3v) is 5.24. The minimum Gasteiger partial charge on any atom is -0.355 e. The van der Waals surface area contributed by atoms with E-state index in [1.54, 1.807) is 40.2 Å². The summed E-state index contributed by atoms with van der Waals surface area (Å²) < 4.78 is 3.42. The quantitative estimate of drug-likeness (QED) is 0.520. The van der Waals surface area contributed by atoms with Crippen LogP contribution in [-0.2, 0) is 4.79 Å². The molecule has 1 amide bonds. The summed E-state index contributed by atoms with van der Waals surface area (Å²) in [5.41, 5.74) is 0. The molecule has 4 aromatic rings. The second-order valence-electron chi connectivity index (χ2n) is 7.18. The minimum absolute atomic E-state index is 0.0324.